The summed E-state index contributed by atoms with van der Waals surface area (Å²) in [5.74, 6) is 2.35. The topological polar surface area (TPSA) is 61.0 Å². The molecule has 5 nitrogen and oxygen atoms in total. The van der Waals surface area contributed by atoms with E-state index >= 15 is 0 Å². The Labute approximate surface area is 129 Å². The number of pyridine rings is 1. The highest BCUT2D eigenvalue weighted by molar-refractivity contribution is 5.59. The van der Waals surface area contributed by atoms with Gasteiger partial charge in [-0.05, 0) is 42.3 Å². The summed E-state index contributed by atoms with van der Waals surface area (Å²) in [5.41, 5.74) is 1.69. The Morgan fingerprint density at radius 3 is 2.59 bits per heavy atom. The molecule has 112 valence electrons. The minimum atomic E-state index is 0.481. The van der Waals surface area contributed by atoms with Crippen LogP contribution in [0.1, 0.15) is 13.8 Å². The van der Waals surface area contributed by atoms with Crippen LogP contribution in [-0.2, 0) is 0 Å². The van der Waals surface area contributed by atoms with Gasteiger partial charge in [-0.1, -0.05) is 19.0 Å². The van der Waals surface area contributed by atoms with E-state index in [1.54, 1.807) is 12.4 Å². The maximum absolute atomic E-state index is 5.66. The minimum Gasteiger partial charge on any atom is -0.493 e. The third-order valence-electron chi connectivity index (χ3n) is 3.03. The van der Waals surface area contributed by atoms with Crippen molar-refractivity contribution < 1.29 is 9.26 Å². The summed E-state index contributed by atoms with van der Waals surface area (Å²) in [5, 5.41) is 3.99. The highest BCUT2D eigenvalue weighted by Crippen LogP contribution is 2.23. The monoisotopic (exact) mass is 295 g/mol. The summed E-state index contributed by atoms with van der Waals surface area (Å²) in [4.78, 5) is 8.45. The molecule has 0 atom stereocenters. The lowest BCUT2D eigenvalue weighted by molar-refractivity contribution is 0.271. The van der Waals surface area contributed by atoms with Crippen molar-refractivity contribution >= 4 is 0 Å². The molecule has 0 radical (unpaired) electrons. The van der Waals surface area contributed by atoms with E-state index < -0.39 is 0 Å². The van der Waals surface area contributed by atoms with Crippen molar-refractivity contribution in [2.75, 3.05) is 6.61 Å². The van der Waals surface area contributed by atoms with Crippen molar-refractivity contribution in [3.63, 3.8) is 0 Å². The first-order valence-electron chi connectivity index (χ1n) is 7.20. The van der Waals surface area contributed by atoms with Gasteiger partial charge in [0.15, 0.2) is 0 Å². The van der Waals surface area contributed by atoms with Gasteiger partial charge in [-0.25, -0.2) is 0 Å². The first-order chi connectivity index (χ1) is 10.7. The molecule has 3 aromatic rings. The Morgan fingerprint density at radius 1 is 1.09 bits per heavy atom. The quantitative estimate of drug-likeness (QED) is 0.715. The van der Waals surface area contributed by atoms with Gasteiger partial charge in [0.05, 0.1) is 6.61 Å². The minimum absolute atomic E-state index is 0.481. The molecule has 0 saturated carbocycles. The fourth-order valence-electron chi connectivity index (χ4n) is 1.91. The number of ether oxygens (including phenoxy) is 1. The van der Waals surface area contributed by atoms with Crippen LogP contribution in [0.15, 0.2) is 53.3 Å². The van der Waals surface area contributed by atoms with Crippen LogP contribution in [0.5, 0.6) is 5.75 Å². The molecule has 22 heavy (non-hydrogen) atoms. The van der Waals surface area contributed by atoms with Gasteiger partial charge in [-0.2, -0.15) is 4.98 Å². The number of nitrogens with zero attached hydrogens (tertiary/aromatic N) is 3. The molecule has 0 saturated heterocycles. The van der Waals surface area contributed by atoms with E-state index in [0.29, 0.717) is 24.2 Å². The first-order valence-corrected chi connectivity index (χ1v) is 7.20. The lowest BCUT2D eigenvalue weighted by atomic mass is 10.2. The van der Waals surface area contributed by atoms with Crippen LogP contribution in [0.2, 0.25) is 0 Å². The number of benzene rings is 1. The molecule has 1 aromatic carbocycles. The van der Waals surface area contributed by atoms with Gasteiger partial charge in [0.2, 0.25) is 5.82 Å². The Bertz CT molecular complexity index is 721. The second-order valence-electron chi connectivity index (χ2n) is 5.39. The van der Waals surface area contributed by atoms with Gasteiger partial charge >= 0.3 is 0 Å². The highest BCUT2D eigenvalue weighted by atomic mass is 16.5. The summed E-state index contributed by atoms with van der Waals surface area (Å²) >= 11 is 0. The molecule has 2 aromatic heterocycles. The zero-order chi connectivity index (χ0) is 15.4. The lowest BCUT2D eigenvalue weighted by Gasteiger charge is -2.08. The molecular formula is C17H17N3O2. The summed E-state index contributed by atoms with van der Waals surface area (Å²) in [6.45, 7) is 4.94. The van der Waals surface area contributed by atoms with Crippen LogP contribution < -0.4 is 4.74 Å². The van der Waals surface area contributed by atoms with Crippen molar-refractivity contribution in [1.29, 1.82) is 0 Å². The van der Waals surface area contributed by atoms with Gasteiger partial charge in [0, 0.05) is 23.5 Å². The van der Waals surface area contributed by atoms with Crippen LogP contribution in [0.25, 0.3) is 22.8 Å². The third kappa shape index (κ3) is 3.31. The fraction of sp³-hybridized carbons (Fsp3) is 0.235. The normalized spacial score (nSPS) is 10.9. The Morgan fingerprint density at radius 2 is 1.91 bits per heavy atom. The summed E-state index contributed by atoms with van der Waals surface area (Å²) in [6.07, 6.45) is 3.41. The largest absolute Gasteiger partial charge is 0.493 e. The zero-order valence-corrected chi connectivity index (χ0v) is 12.6. The maximum atomic E-state index is 5.66. The average Bonchev–Trinajstić information content (AvgIpc) is 3.04. The van der Waals surface area contributed by atoms with Gasteiger partial charge in [-0.15, -0.1) is 0 Å². The second-order valence-corrected chi connectivity index (χ2v) is 5.39. The molecule has 0 aliphatic carbocycles. The number of hydrogen-bond donors (Lipinski definition) is 0. The molecule has 0 N–H and O–H groups in total. The molecule has 5 heteroatoms. The van der Waals surface area contributed by atoms with Crippen LogP contribution in [0.4, 0.5) is 0 Å². The first kappa shape index (κ1) is 14.3. The fourth-order valence-corrected chi connectivity index (χ4v) is 1.91. The standard InChI is InChI=1S/C17H17N3O2/c1-12(2)11-21-15-7-5-13(6-8-15)17-19-16(20-22-17)14-4-3-9-18-10-14/h3-10,12H,11H2,1-2H3. The van der Waals surface area contributed by atoms with E-state index in [2.05, 4.69) is 29.0 Å². The Hall–Kier alpha value is -2.69. The predicted octanol–water partition coefficient (Wildman–Crippen LogP) is 3.83. The molecule has 0 aliphatic heterocycles. The van der Waals surface area contributed by atoms with E-state index in [-0.39, 0.29) is 0 Å². The smallest absolute Gasteiger partial charge is 0.258 e. The van der Waals surface area contributed by atoms with Crippen molar-refractivity contribution in [3.8, 4) is 28.6 Å². The molecule has 0 fully saturated rings. The summed E-state index contributed by atoms with van der Waals surface area (Å²) in [7, 11) is 0. The SMILES string of the molecule is CC(C)COc1ccc(-c2nc(-c3cccnc3)no2)cc1. The van der Waals surface area contributed by atoms with Gasteiger partial charge in [0.1, 0.15) is 5.75 Å². The summed E-state index contributed by atoms with van der Waals surface area (Å²) < 4.78 is 11.0. The second kappa shape index (κ2) is 6.39. The average molecular weight is 295 g/mol. The van der Waals surface area contributed by atoms with Crippen LogP contribution in [0, 0.1) is 5.92 Å². The molecule has 2 heterocycles. The number of aromatic nitrogens is 3. The van der Waals surface area contributed by atoms with Gasteiger partial charge in [0.25, 0.3) is 5.89 Å². The van der Waals surface area contributed by atoms with Crippen molar-refractivity contribution in [1.82, 2.24) is 15.1 Å². The van der Waals surface area contributed by atoms with Crippen molar-refractivity contribution in [2.24, 2.45) is 5.92 Å². The molecule has 0 unspecified atom stereocenters. The molecule has 3 rings (SSSR count). The van der Waals surface area contributed by atoms with Crippen LogP contribution in [-0.4, -0.2) is 21.7 Å². The Kier molecular flexibility index (Phi) is 4.14. The van der Waals surface area contributed by atoms with Crippen LogP contribution in [0.3, 0.4) is 0 Å². The van der Waals surface area contributed by atoms with E-state index in [0.717, 1.165) is 16.9 Å². The summed E-state index contributed by atoms with van der Waals surface area (Å²) in [6, 6.07) is 11.4. The third-order valence-corrected chi connectivity index (χ3v) is 3.03. The van der Waals surface area contributed by atoms with E-state index in [1.165, 1.54) is 0 Å². The van der Waals surface area contributed by atoms with E-state index in [9.17, 15) is 0 Å². The molecule has 0 bridgehead atoms. The van der Waals surface area contributed by atoms with E-state index in [1.807, 2.05) is 36.4 Å². The highest BCUT2D eigenvalue weighted by Gasteiger charge is 2.10. The molecule has 0 spiro atoms. The molecule has 0 amide bonds. The lowest BCUT2D eigenvalue weighted by Crippen LogP contribution is -2.04. The van der Waals surface area contributed by atoms with Crippen molar-refractivity contribution in [3.05, 3.63) is 48.8 Å². The van der Waals surface area contributed by atoms with E-state index in [4.69, 9.17) is 9.26 Å². The molecular weight excluding hydrogens is 278 g/mol. The van der Waals surface area contributed by atoms with Gasteiger partial charge < -0.3 is 9.26 Å². The predicted molar refractivity (Wildman–Crippen MR) is 83.3 cm³/mol. The Balaban J connectivity index is 1.76. The molecule has 0 aliphatic rings. The van der Waals surface area contributed by atoms with Crippen LogP contribution >= 0.6 is 0 Å². The van der Waals surface area contributed by atoms with Crippen molar-refractivity contribution in [2.45, 2.75) is 13.8 Å². The number of rotatable bonds is 5. The maximum Gasteiger partial charge on any atom is 0.258 e. The van der Waals surface area contributed by atoms with Gasteiger partial charge in [-0.3, -0.25) is 4.98 Å². The number of hydrogen-bond acceptors (Lipinski definition) is 5. The zero-order valence-electron chi connectivity index (χ0n) is 12.6.